The summed E-state index contributed by atoms with van der Waals surface area (Å²) in [6.07, 6.45) is 7.04. The van der Waals surface area contributed by atoms with Gasteiger partial charge in [0, 0.05) is 49.8 Å². The number of fused-ring (bicyclic) bond motifs is 1. The molecule has 0 radical (unpaired) electrons. The van der Waals surface area contributed by atoms with Crippen LogP contribution in [0.5, 0.6) is 0 Å². The van der Waals surface area contributed by atoms with E-state index in [4.69, 9.17) is 0 Å². The van der Waals surface area contributed by atoms with E-state index >= 15 is 0 Å². The lowest BCUT2D eigenvalue weighted by Gasteiger charge is -2.41. The summed E-state index contributed by atoms with van der Waals surface area (Å²) in [6, 6.07) is 9.52. The van der Waals surface area contributed by atoms with Crippen LogP contribution in [0, 0.1) is 0 Å². The number of urea groups is 1. The van der Waals surface area contributed by atoms with Crippen LogP contribution in [0.15, 0.2) is 30.5 Å². The molecule has 2 fully saturated rings. The standard InChI is InChI=1S/C22H32N4O/c1-3-23-22(27)26-14-10-18(11-15-26)25-12-8-17(9-13-25)20-16-24(2)21-7-5-4-6-19(20)21/h4-7,16-18H,3,8-15H2,1-2H3,(H,23,27). The predicted octanol–water partition coefficient (Wildman–Crippen LogP) is 3.55. The normalized spacial score (nSPS) is 20.3. The van der Waals surface area contributed by atoms with Gasteiger partial charge in [-0.25, -0.2) is 4.79 Å². The van der Waals surface area contributed by atoms with Crippen molar-refractivity contribution >= 4 is 16.9 Å². The van der Waals surface area contributed by atoms with Gasteiger partial charge in [-0.15, -0.1) is 0 Å². The number of nitrogens with zero attached hydrogens (tertiary/aromatic N) is 3. The molecule has 2 aliphatic rings. The number of carbonyl (C=O) groups is 1. The Bertz CT molecular complexity index is 783. The smallest absolute Gasteiger partial charge is 0.317 e. The molecule has 0 spiro atoms. The van der Waals surface area contributed by atoms with Crippen LogP contribution < -0.4 is 5.32 Å². The Kier molecular flexibility index (Phi) is 5.39. The fraction of sp³-hybridized carbons (Fsp3) is 0.591. The number of amides is 2. The molecule has 4 rings (SSSR count). The van der Waals surface area contributed by atoms with Crippen molar-refractivity contribution in [1.29, 1.82) is 0 Å². The zero-order chi connectivity index (χ0) is 18.8. The number of nitrogens with one attached hydrogen (secondary N) is 1. The van der Waals surface area contributed by atoms with E-state index in [0.717, 1.165) is 25.9 Å². The van der Waals surface area contributed by atoms with Crippen LogP contribution >= 0.6 is 0 Å². The highest BCUT2D eigenvalue weighted by atomic mass is 16.2. The maximum atomic E-state index is 12.0. The Labute approximate surface area is 162 Å². The SMILES string of the molecule is CCNC(=O)N1CCC(N2CCC(c3cn(C)c4ccccc34)CC2)CC1. The van der Waals surface area contributed by atoms with E-state index in [-0.39, 0.29) is 6.03 Å². The number of piperidine rings is 2. The highest BCUT2D eigenvalue weighted by molar-refractivity contribution is 5.84. The minimum absolute atomic E-state index is 0.102. The molecule has 0 atom stereocenters. The minimum atomic E-state index is 0.102. The summed E-state index contributed by atoms with van der Waals surface area (Å²) in [6.45, 7) is 6.82. The second kappa shape index (κ2) is 7.93. The van der Waals surface area contributed by atoms with Crippen molar-refractivity contribution in [2.24, 2.45) is 7.05 Å². The molecule has 3 heterocycles. The van der Waals surface area contributed by atoms with Crippen molar-refractivity contribution < 1.29 is 4.79 Å². The number of benzene rings is 1. The number of aryl methyl sites for hydroxylation is 1. The van der Waals surface area contributed by atoms with Crippen LogP contribution in [0.3, 0.4) is 0 Å². The fourth-order valence-electron chi connectivity index (χ4n) is 4.97. The topological polar surface area (TPSA) is 40.5 Å². The van der Waals surface area contributed by atoms with Crippen LogP contribution in [0.25, 0.3) is 10.9 Å². The summed E-state index contributed by atoms with van der Waals surface area (Å²) >= 11 is 0. The molecule has 2 aromatic rings. The van der Waals surface area contributed by atoms with Crippen LogP contribution in [0.2, 0.25) is 0 Å². The van der Waals surface area contributed by atoms with Crippen LogP contribution in [0.1, 0.15) is 44.1 Å². The monoisotopic (exact) mass is 368 g/mol. The highest BCUT2D eigenvalue weighted by Crippen LogP contribution is 2.35. The molecule has 1 N–H and O–H groups in total. The number of aromatic nitrogens is 1. The van der Waals surface area contributed by atoms with Gasteiger partial charge in [-0.1, -0.05) is 18.2 Å². The van der Waals surface area contributed by atoms with Gasteiger partial charge in [-0.2, -0.15) is 0 Å². The Morgan fingerprint density at radius 3 is 2.48 bits per heavy atom. The van der Waals surface area contributed by atoms with E-state index in [2.05, 4.69) is 52.3 Å². The van der Waals surface area contributed by atoms with Crippen molar-refractivity contribution in [3.8, 4) is 0 Å². The third-order valence-corrected chi connectivity index (χ3v) is 6.49. The van der Waals surface area contributed by atoms with Gasteiger partial charge in [0.15, 0.2) is 0 Å². The molecule has 5 heteroatoms. The molecule has 2 saturated heterocycles. The number of hydrogen-bond acceptors (Lipinski definition) is 2. The van der Waals surface area contributed by atoms with Gasteiger partial charge in [0.2, 0.25) is 0 Å². The van der Waals surface area contributed by atoms with Crippen LogP contribution in [-0.4, -0.2) is 59.2 Å². The summed E-state index contributed by atoms with van der Waals surface area (Å²) in [5.74, 6) is 0.669. The molecule has 1 aromatic carbocycles. The van der Waals surface area contributed by atoms with Gasteiger partial charge in [0.05, 0.1) is 0 Å². The molecule has 2 amide bonds. The molecule has 0 saturated carbocycles. The molecular formula is C22H32N4O. The Hall–Kier alpha value is -2.01. The summed E-state index contributed by atoms with van der Waals surface area (Å²) < 4.78 is 2.27. The zero-order valence-electron chi connectivity index (χ0n) is 16.7. The maximum Gasteiger partial charge on any atom is 0.317 e. The van der Waals surface area contributed by atoms with E-state index in [1.54, 1.807) is 0 Å². The summed E-state index contributed by atoms with van der Waals surface area (Å²) in [4.78, 5) is 16.6. The minimum Gasteiger partial charge on any atom is -0.350 e. The molecule has 2 aliphatic heterocycles. The van der Waals surface area contributed by atoms with Gasteiger partial charge in [0.25, 0.3) is 0 Å². The third-order valence-electron chi connectivity index (χ3n) is 6.49. The van der Waals surface area contributed by atoms with Crippen molar-refractivity contribution in [1.82, 2.24) is 19.7 Å². The second-order valence-electron chi connectivity index (χ2n) is 8.08. The first-order valence-electron chi connectivity index (χ1n) is 10.5. The van der Waals surface area contributed by atoms with Gasteiger partial charge < -0.3 is 19.7 Å². The third kappa shape index (κ3) is 3.70. The predicted molar refractivity (Wildman–Crippen MR) is 110 cm³/mol. The van der Waals surface area contributed by atoms with Gasteiger partial charge in [-0.05, 0) is 63.2 Å². The summed E-state index contributed by atoms with van der Waals surface area (Å²) in [5, 5.41) is 4.35. The molecule has 0 bridgehead atoms. The van der Waals surface area contributed by atoms with Crippen LogP contribution in [-0.2, 0) is 7.05 Å². The van der Waals surface area contributed by atoms with Crippen molar-refractivity contribution in [3.05, 3.63) is 36.0 Å². The van der Waals surface area contributed by atoms with E-state index in [0.29, 0.717) is 18.5 Å². The number of carbonyl (C=O) groups excluding carboxylic acids is 1. The first-order valence-corrected chi connectivity index (χ1v) is 10.5. The largest absolute Gasteiger partial charge is 0.350 e. The van der Waals surface area contributed by atoms with Crippen molar-refractivity contribution in [2.45, 2.75) is 44.6 Å². The average Bonchev–Trinajstić information content (AvgIpc) is 3.05. The van der Waals surface area contributed by atoms with Gasteiger partial charge in [0.1, 0.15) is 0 Å². The molecule has 5 nitrogen and oxygen atoms in total. The summed E-state index contributed by atoms with van der Waals surface area (Å²) in [5.41, 5.74) is 2.87. The zero-order valence-corrected chi connectivity index (χ0v) is 16.7. The highest BCUT2D eigenvalue weighted by Gasteiger charge is 2.30. The molecule has 0 aliphatic carbocycles. The number of para-hydroxylation sites is 1. The first-order chi connectivity index (χ1) is 13.2. The van der Waals surface area contributed by atoms with Gasteiger partial charge >= 0.3 is 6.03 Å². The van der Waals surface area contributed by atoms with E-state index < -0.39 is 0 Å². The van der Waals surface area contributed by atoms with E-state index in [9.17, 15) is 4.79 Å². The molecule has 0 unspecified atom stereocenters. The van der Waals surface area contributed by atoms with Gasteiger partial charge in [-0.3, -0.25) is 0 Å². The second-order valence-corrected chi connectivity index (χ2v) is 8.08. The lowest BCUT2D eigenvalue weighted by Crippen LogP contribution is -2.50. The summed E-state index contributed by atoms with van der Waals surface area (Å²) in [7, 11) is 2.16. The first kappa shape index (κ1) is 18.4. The van der Waals surface area contributed by atoms with Crippen molar-refractivity contribution in [2.75, 3.05) is 32.7 Å². The Morgan fingerprint density at radius 2 is 1.78 bits per heavy atom. The van der Waals surface area contributed by atoms with Crippen molar-refractivity contribution in [3.63, 3.8) is 0 Å². The maximum absolute atomic E-state index is 12.0. The molecule has 146 valence electrons. The lowest BCUT2D eigenvalue weighted by atomic mass is 9.88. The number of hydrogen-bond donors (Lipinski definition) is 1. The lowest BCUT2D eigenvalue weighted by molar-refractivity contribution is 0.0960. The number of likely N-dealkylation sites (tertiary alicyclic amines) is 2. The van der Waals surface area contributed by atoms with Crippen LogP contribution in [0.4, 0.5) is 4.79 Å². The van der Waals surface area contributed by atoms with E-state index in [1.807, 2.05) is 11.8 Å². The molecular weight excluding hydrogens is 336 g/mol. The Balaban J connectivity index is 1.34. The number of rotatable bonds is 3. The average molecular weight is 369 g/mol. The van der Waals surface area contributed by atoms with E-state index in [1.165, 1.54) is 42.4 Å². The fourth-order valence-corrected chi connectivity index (χ4v) is 4.97. The molecule has 27 heavy (non-hydrogen) atoms. The Morgan fingerprint density at radius 1 is 1.07 bits per heavy atom. The molecule has 1 aromatic heterocycles. The quantitative estimate of drug-likeness (QED) is 0.900.